The number of rotatable bonds is 6. The molecule has 0 aliphatic carbocycles. The maximum atomic E-state index is 12.6. The minimum absolute atomic E-state index is 0.102. The maximum absolute atomic E-state index is 12.6. The Balaban J connectivity index is 1.30. The topological polar surface area (TPSA) is 75.1 Å². The molecular weight excluding hydrogens is 522 g/mol. The third-order valence-electron chi connectivity index (χ3n) is 7.73. The lowest BCUT2D eigenvalue weighted by Crippen LogP contribution is -2.40. The van der Waals surface area contributed by atoms with Crippen LogP contribution in [0.4, 0.5) is 9.93 Å². The molecule has 2 aromatic carbocycles. The van der Waals surface area contributed by atoms with Gasteiger partial charge in [-0.15, -0.1) is 11.3 Å². The van der Waals surface area contributed by atoms with Gasteiger partial charge < -0.3 is 24.4 Å². The molecule has 1 amide bonds. The van der Waals surface area contributed by atoms with Gasteiger partial charge in [-0.2, -0.15) is 0 Å². The number of para-hydroxylation sites is 1. The highest BCUT2D eigenvalue weighted by atomic mass is 32.1. The maximum Gasteiger partial charge on any atom is 0.410 e. The van der Waals surface area contributed by atoms with Gasteiger partial charge in [-0.25, -0.2) is 9.78 Å². The van der Waals surface area contributed by atoms with E-state index in [-0.39, 0.29) is 17.8 Å². The summed E-state index contributed by atoms with van der Waals surface area (Å²) in [5.41, 5.74) is 7.27. The standard InChI is InChI=1S/C32H39N3O4S/c1-20-8-7-9-27(28-19-40-30(33-28)34-14-12-23(16-34)22(3)36)29(20)38-18-25-11-10-24-17-35(15-13-26(24)21(25)2)31(37)39-32(4,5)6/h7-11,19,23,36H,3,12-18H2,1-2,4-6H3/t23-/m1/s1. The second-order valence-electron chi connectivity index (χ2n) is 11.8. The number of aliphatic hydroxyl groups excluding tert-OH is 1. The summed E-state index contributed by atoms with van der Waals surface area (Å²) in [5.74, 6) is 1.20. The summed E-state index contributed by atoms with van der Waals surface area (Å²) in [4.78, 5) is 21.5. The molecule has 2 aliphatic heterocycles. The Morgan fingerprint density at radius 1 is 1.20 bits per heavy atom. The number of anilines is 1. The third-order valence-corrected chi connectivity index (χ3v) is 8.64. The highest BCUT2D eigenvalue weighted by Gasteiger charge is 2.28. The molecule has 3 heterocycles. The van der Waals surface area contributed by atoms with E-state index in [0.29, 0.717) is 19.7 Å². The lowest BCUT2D eigenvalue weighted by Gasteiger charge is -2.32. The number of amides is 1. The van der Waals surface area contributed by atoms with Crippen molar-refractivity contribution in [3.8, 4) is 17.0 Å². The van der Waals surface area contributed by atoms with E-state index < -0.39 is 5.60 Å². The second kappa shape index (κ2) is 11.2. The Labute approximate surface area is 241 Å². The van der Waals surface area contributed by atoms with Crippen molar-refractivity contribution in [2.45, 2.75) is 66.2 Å². The van der Waals surface area contributed by atoms with Crippen molar-refractivity contribution >= 4 is 22.6 Å². The Hall–Kier alpha value is -3.52. The van der Waals surface area contributed by atoms with Crippen LogP contribution in [-0.2, 0) is 24.3 Å². The van der Waals surface area contributed by atoms with E-state index in [0.717, 1.165) is 59.2 Å². The minimum atomic E-state index is -0.504. The van der Waals surface area contributed by atoms with Gasteiger partial charge in [-0.3, -0.25) is 0 Å². The van der Waals surface area contributed by atoms with E-state index in [1.165, 1.54) is 16.7 Å². The molecule has 1 aromatic heterocycles. The molecule has 1 atom stereocenters. The SMILES string of the molecule is C=C(O)[C@@H]1CCN(c2nc(-c3cccc(C)c3OCc3ccc4c(c3C)CCN(C(=O)OC(C)(C)C)C4)cs2)C1. The average molecular weight is 562 g/mol. The Morgan fingerprint density at radius 3 is 2.73 bits per heavy atom. The van der Waals surface area contributed by atoms with E-state index >= 15 is 0 Å². The van der Waals surface area contributed by atoms with Crippen molar-refractivity contribution in [3.63, 3.8) is 0 Å². The normalized spacial score (nSPS) is 17.1. The second-order valence-corrected chi connectivity index (χ2v) is 12.7. The number of thiazole rings is 1. The van der Waals surface area contributed by atoms with Crippen LogP contribution in [0.2, 0.25) is 0 Å². The number of ether oxygens (including phenoxy) is 2. The lowest BCUT2D eigenvalue weighted by atomic mass is 9.92. The number of nitrogens with zero attached hydrogens (tertiary/aromatic N) is 3. The van der Waals surface area contributed by atoms with Gasteiger partial charge >= 0.3 is 6.09 Å². The predicted octanol–water partition coefficient (Wildman–Crippen LogP) is 7.20. The van der Waals surface area contributed by atoms with Crippen LogP contribution in [0.1, 0.15) is 55.0 Å². The van der Waals surface area contributed by atoms with Gasteiger partial charge in [0, 0.05) is 43.0 Å². The summed E-state index contributed by atoms with van der Waals surface area (Å²) in [5, 5.41) is 12.8. The van der Waals surface area contributed by atoms with Crippen LogP contribution >= 0.6 is 11.3 Å². The summed E-state index contributed by atoms with van der Waals surface area (Å²) in [6.45, 7) is 16.9. The number of benzene rings is 2. The summed E-state index contributed by atoms with van der Waals surface area (Å²) >= 11 is 1.62. The number of carbonyl (C=O) groups is 1. The molecule has 7 nitrogen and oxygen atoms in total. The quantitative estimate of drug-likeness (QED) is 0.321. The van der Waals surface area contributed by atoms with Gasteiger partial charge in [0.1, 0.15) is 18.0 Å². The molecule has 212 valence electrons. The molecule has 1 saturated heterocycles. The first-order valence-electron chi connectivity index (χ1n) is 13.9. The number of hydrogen-bond donors (Lipinski definition) is 1. The molecule has 0 unspecified atom stereocenters. The van der Waals surface area contributed by atoms with Crippen LogP contribution in [0.3, 0.4) is 0 Å². The van der Waals surface area contributed by atoms with Crippen LogP contribution in [0, 0.1) is 19.8 Å². The van der Waals surface area contributed by atoms with Gasteiger partial charge in [0.15, 0.2) is 5.13 Å². The Bertz CT molecular complexity index is 1420. The molecule has 0 radical (unpaired) electrons. The summed E-state index contributed by atoms with van der Waals surface area (Å²) < 4.78 is 12.1. The van der Waals surface area contributed by atoms with Crippen molar-refractivity contribution in [1.29, 1.82) is 0 Å². The number of carbonyl (C=O) groups excluding carboxylic acids is 1. The van der Waals surface area contributed by atoms with E-state index in [9.17, 15) is 9.90 Å². The van der Waals surface area contributed by atoms with Crippen LogP contribution in [0.5, 0.6) is 5.75 Å². The van der Waals surface area contributed by atoms with Gasteiger partial charge in [-0.05, 0) is 81.3 Å². The molecule has 8 heteroatoms. The van der Waals surface area contributed by atoms with Crippen LogP contribution < -0.4 is 9.64 Å². The highest BCUT2D eigenvalue weighted by Crippen LogP contribution is 2.38. The molecule has 3 aromatic rings. The highest BCUT2D eigenvalue weighted by molar-refractivity contribution is 7.14. The summed E-state index contributed by atoms with van der Waals surface area (Å²) in [7, 11) is 0. The molecule has 40 heavy (non-hydrogen) atoms. The van der Waals surface area contributed by atoms with Crippen molar-refractivity contribution in [3.05, 3.63) is 75.9 Å². The van der Waals surface area contributed by atoms with E-state index in [1.807, 2.05) is 26.8 Å². The summed E-state index contributed by atoms with van der Waals surface area (Å²) in [6, 6.07) is 10.4. The molecule has 5 rings (SSSR count). The van der Waals surface area contributed by atoms with Gasteiger partial charge in [0.25, 0.3) is 0 Å². The number of aryl methyl sites for hydroxylation is 1. The van der Waals surface area contributed by atoms with Crippen molar-refractivity contribution < 1.29 is 19.4 Å². The number of aromatic nitrogens is 1. The van der Waals surface area contributed by atoms with Crippen molar-refractivity contribution in [1.82, 2.24) is 9.88 Å². The van der Waals surface area contributed by atoms with Gasteiger partial charge in [0.05, 0.1) is 11.5 Å². The van der Waals surface area contributed by atoms with Gasteiger partial charge in [-0.1, -0.05) is 30.8 Å². The first-order chi connectivity index (χ1) is 19.0. The molecule has 1 N–H and O–H groups in total. The van der Waals surface area contributed by atoms with Crippen LogP contribution in [0.25, 0.3) is 11.3 Å². The smallest absolute Gasteiger partial charge is 0.410 e. The van der Waals surface area contributed by atoms with E-state index in [2.05, 4.69) is 55.0 Å². The first-order valence-corrected chi connectivity index (χ1v) is 14.8. The third kappa shape index (κ3) is 5.97. The molecule has 2 aliphatic rings. The van der Waals surface area contributed by atoms with E-state index in [4.69, 9.17) is 14.5 Å². The van der Waals surface area contributed by atoms with Crippen LogP contribution in [0.15, 0.2) is 48.0 Å². The zero-order chi connectivity index (χ0) is 28.6. The molecule has 0 bridgehead atoms. The van der Waals surface area contributed by atoms with Crippen molar-refractivity contribution in [2.24, 2.45) is 5.92 Å². The lowest BCUT2D eigenvalue weighted by molar-refractivity contribution is 0.0223. The van der Waals surface area contributed by atoms with Gasteiger partial charge in [0.2, 0.25) is 0 Å². The minimum Gasteiger partial charge on any atom is -0.513 e. The fourth-order valence-electron chi connectivity index (χ4n) is 5.46. The number of fused-ring (bicyclic) bond motifs is 1. The monoisotopic (exact) mass is 561 g/mol. The Kier molecular flexibility index (Phi) is 7.82. The first kappa shape index (κ1) is 28.0. The van der Waals surface area contributed by atoms with Crippen LogP contribution in [-0.4, -0.2) is 46.3 Å². The predicted molar refractivity (Wildman–Crippen MR) is 160 cm³/mol. The fourth-order valence-corrected chi connectivity index (χ4v) is 6.33. The summed E-state index contributed by atoms with van der Waals surface area (Å²) in [6.07, 6.45) is 1.43. The molecular formula is C32H39N3O4S. The fraction of sp³-hybridized carbons (Fsp3) is 0.438. The zero-order valence-corrected chi connectivity index (χ0v) is 24.9. The number of aliphatic hydroxyl groups is 1. The van der Waals surface area contributed by atoms with E-state index in [1.54, 1.807) is 16.2 Å². The molecule has 1 fully saturated rings. The van der Waals surface area contributed by atoms with Crippen molar-refractivity contribution in [2.75, 3.05) is 24.5 Å². The zero-order valence-electron chi connectivity index (χ0n) is 24.1. The number of hydrogen-bond acceptors (Lipinski definition) is 7. The molecule has 0 spiro atoms. The molecule has 0 saturated carbocycles. The largest absolute Gasteiger partial charge is 0.513 e. The Morgan fingerprint density at radius 2 is 2.00 bits per heavy atom. The average Bonchev–Trinajstić information content (AvgIpc) is 3.58.